The largest absolute Gasteiger partial charge is 0.492 e. The van der Waals surface area contributed by atoms with Crippen molar-refractivity contribution in [3.63, 3.8) is 0 Å². The summed E-state index contributed by atoms with van der Waals surface area (Å²) in [5.41, 5.74) is 0.573. The summed E-state index contributed by atoms with van der Waals surface area (Å²) in [7, 11) is 0. The molecule has 0 bridgehead atoms. The average Bonchev–Trinajstić information content (AvgIpc) is 2.48. The predicted octanol–water partition coefficient (Wildman–Crippen LogP) is 4.01. The van der Waals surface area contributed by atoms with E-state index in [4.69, 9.17) is 9.47 Å². The van der Waals surface area contributed by atoms with Crippen LogP contribution < -0.4 is 10.1 Å². The monoisotopic (exact) mass is 353 g/mol. The smallest absolute Gasteiger partial charge is 0.407 e. The van der Waals surface area contributed by atoms with Crippen LogP contribution in [0.5, 0.6) is 5.75 Å². The van der Waals surface area contributed by atoms with Crippen LogP contribution in [0.2, 0.25) is 0 Å². The van der Waals surface area contributed by atoms with Crippen LogP contribution in [0.1, 0.15) is 40.2 Å². The molecular formula is C18H27NO4S. The lowest BCUT2D eigenvalue weighted by Gasteiger charge is -2.19. The maximum atomic E-state index is 11.6. The summed E-state index contributed by atoms with van der Waals surface area (Å²) < 4.78 is 10.7. The van der Waals surface area contributed by atoms with Gasteiger partial charge in [0.05, 0.1) is 6.54 Å². The zero-order valence-electron chi connectivity index (χ0n) is 15.0. The van der Waals surface area contributed by atoms with Crippen molar-refractivity contribution in [3.8, 4) is 5.75 Å². The third kappa shape index (κ3) is 8.82. The molecule has 5 nitrogen and oxygen atoms in total. The number of amides is 1. The number of carbonyl (C=O) groups is 2. The first-order chi connectivity index (χ1) is 11.2. The Morgan fingerprint density at radius 1 is 1.17 bits per heavy atom. The fourth-order valence-electron chi connectivity index (χ4n) is 1.64. The van der Waals surface area contributed by atoms with E-state index in [-0.39, 0.29) is 11.0 Å². The molecule has 0 saturated carbocycles. The normalized spacial score (nSPS) is 11.2. The lowest BCUT2D eigenvalue weighted by molar-refractivity contribution is -0.113. The van der Waals surface area contributed by atoms with Gasteiger partial charge < -0.3 is 14.8 Å². The topological polar surface area (TPSA) is 64.6 Å². The van der Waals surface area contributed by atoms with E-state index in [1.807, 2.05) is 58.9 Å². The highest BCUT2D eigenvalue weighted by molar-refractivity contribution is 8.13. The summed E-state index contributed by atoms with van der Waals surface area (Å²) in [5.74, 6) is 1.44. The molecule has 0 aliphatic rings. The minimum Gasteiger partial charge on any atom is -0.492 e. The minimum absolute atomic E-state index is 0.0510. The van der Waals surface area contributed by atoms with E-state index >= 15 is 0 Å². The zero-order valence-corrected chi connectivity index (χ0v) is 15.9. The van der Waals surface area contributed by atoms with E-state index in [0.717, 1.165) is 11.3 Å². The van der Waals surface area contributed by atoms with Gasteiger partial charge in [0.15, 0.2) is 5.12 Å². The van der Waals surface area contributed by atoms with Crippen molar-refractivity contribution in [2.75, 3.05) is 13.2 Å². The molecular weight excluding hydrogens is 326 g/mol. The molecule has 1 rings (SSSR count). The van der Waals surface area contributed by atoms with Gasteiger partial charge in [0.1, 0.15) is 18.0 Å². The Kier molecular flexibility index (Phi) is 8.11. The van der Waals surface area contributed by atoms with Crippen LogP contribution in [0.4, 0.5) is 4.79 Å². The van der Waals surface area contributed by atoms with Gasteiger partial charge in [0.2, 0.25) is 0 Å². The molecule has 0 radical (unpaired) electrons. The van der Waals surface area contributed by atoms with Crippen LogP contribution >= 0.6 is 11.8 Å². The third-order valence-corrected chi connectivity index (χ3v) is 4.05. The quantitative estimate of drug-likeness (QED) is 0.751. The third-order valence-electron chi connectivity index (χ3n) is 2.81. The molecule has 6 heteroatoms. The number of hydrogen-bond acceptors (Lipinski definition) is 5. The fourth-order valence-corrected chi connectivity index (χ4v) is 2.47. The minimum atomic E-state index is -0.504. The van der Waals surface area contributed by atoms with Gasteiger partial charge >= 0.3 is 6.09 Å². The highest BCUT2D eigenvalue weighted by Crippen LogP contribution is 2.19. The number of rotatable bonds is 7. The highest BCUT2D eigenvalue weighted by Gasteiger charge is 2.15. The van der Waals surface area contributed by atoms with Gasteiger partial charge in [0, 0.05) is 11.7 Å². The maximum absolute atomic E-state index is 11.6. The Morgan fingerprint density at radius 2 is 1.79 bits per heavy atom. The van der Waals surface area contributed by atoms with Gasteiger partial charge in [-0.2, -0.15) is 0 Å². The molecule has 0 atom stereocenters. The Morgan fingerprint density at radius 3 is 2.33 bits per heavy atom. The van der Waals surface area contributed by atoms with Gasteiger partial charge in [-0.1, -0.05) is 37.7 Å². The van der Waals surface area contributed by atoms with Crippen LogP contribution in [0.15, 0.2) is 24.3 Å². The van der Waals surface area contributed by atoms with E-state index < -0.39 is 11.7 Å². The molecule has 134 valence electrons. The van der Waals surface area contributed by atoms with Gasteiger partial charge in [0.25, 0.3) is 0 Å². The van der Waals surface area contributed by atoms with Crippen LogP contribution in [0, 0.1) is 5.92 Å². The first-order valence-corrected chi connectivity index (χ1v) is 9.01. The standard InChI is InChI=1S/C18H27NO4S/c1-13(2)16(20)24-12-14-6-8-15(9-7-14)22-11-10-19-17(21)23-18(3,4)5/h6-9,13H,10-12H2,1-5H3,(H,19,21). The van der Waals surface area contributed by atoms with Crippen molar-refractivity contribution < 1.29 is 19.1 Å². The zero-order chi connectivity index (χ0) is 18.2. The van der Waals surface area contributed by atoms with E-state index in [1.54, 1.807) is 0 Å². The van der Waals surface area contributed by atoms with Crippen molar-refractivity contribution in [2.24, 2.45) is 5.92 Å². The summed E-state index contributed by atoms with van der Waals surface area (Å²) in [6.45, 7) is 9.98. The van der Waals surface area contributed by atoms with Crippen LogP contribution in [0.25, 0.3) is 0 Å². The Labute approximate surface area is 148 Å². The molecule has 0 spiro atoms. The lowest BCUT2D eigenvalue weighted by atomic mass is 10.2. The second kappa shape index (κ2) is 9.57. The second-order valence-corrected chi connectivity index (χ2v) is 7.66. The van der Waals surface area contributed by atoms with Crippen molar-refractivity contribution in [2.45, 2.75) is 46.0 Å². The van der Waals surface area contributed by atoms with Crippen LogP contribution in [-0.2, 0) is 15.3 Å². The summed E-state index contributed by atoms with van der Waals surface area (Å²) >= 11 is 1.33. The Hall–Kier alpha value is -1.69. The SMILES string of the molecule is CC(C)C(=O)SCc1ccc(OCCNC(=O)OC(C)(C)C)cc1. The first-order valence-electron chi connectivity index (χ1n) is 8.02. The van der Waals surface area contributed by atoms with Crippen molar-refractivity contribution in [3.05, 3.63) is 29.8 Å². The van der Waals surface area contributed by atoms with E-state index in [1.165, 1.54) is 11.8 Å². The molecule has 1 aromatic rings. The predicted molar refractivity (Wildman–Crippen MR) is 97.3 cm³/mol. The van der Waals surface area contributed by atoms with Crippen molar-refractivity contribution in [1.82, 2.24) is 5.32 Å². The number of nitrogens with one attached hydrogen (secondary N) is 1. The molecule has 24 heavy (non-hydrogen) atoms. The number of alkyl carbamates (subject to hydrolysis) is 1. The highest BCUT2D eigenvalue weighted by atomic mass is 32.2. The molecule has 0 aliphatic carbocycles. The van der Waals surface area contributed by atoms with Gasteiger partial charge in [-0.05, 0) is 38.5 Å². The number of benzene rings is 1. The fraction of sp³-hybridized carbons (Fsp3) is 0.556. The summed E-state index contributed by atoms with van der Waals surface area (Å²) in [6.07, 6.45) is -0.451. The van der Waals surface area contributed by atoms with Crippen molar-refractivity contribution >= 4 is 23.0 Å². The molecule has 0 aliphatic heterocycles. The van der Waals surface area contributed by atoms with E-state index in [9.17, 15) is 9.59 Å². The number of carbonyl (C=O) groups excluding carboxylic acids is 2. The molecule has 1 amide bonds. The summed E-state index contributed by atoms with van der Waals surface area (Å²) in [5, 5.41) is 2.83. The van der Waals surface area contributed by atoms with E-state index in [2.05, 4.69) is 5.32 Å². The number of thioether (sulfide) groups is 1. The maximum Gasteiger partial charge on any atom is 0.407 e. The second-order valence-electron chi connectivity index (χ2n) is 6.68. The first kappa shape index (κ1) is 20.4. The average molecular weight is 353 g/mol. The van der Waals surface area contributed by atoms with E-state index in [0.29, 0.717) is 18.9 Å². The number of ether oxygens (including phenoxy) is 2. The van der Waals surface area contributed by atoms with Crippen molar-refractivity contribution in [1.29, 1.82) is 0 Å². The summed E-state index contributed by atoms with van der Waals surface area (Å²) in [6, 6.07) is 7.61. The summed E-state index contributed by atoms with van der Waals surface area (Å²) in [4.78, 5) is 23.1. The molecule has 0 unspecified atom stereocenters. The van der Waals surface area contributed by atoms with Crippen LogP contribution in [0.3, 0.4) is 0 Å². The molecule has 0 fully saturated rings. The molecule has 0 aromatic heterocycles. The molecule has 1 N–H and O–H groups in total. The number of hydrogen-bond donors (Lipinski definition) is 1. The molecule has 0 heterocycles. The van der Waals surface area contributed by atoms with Gasteiger partial charge in [-0.25, -0.2) is 4.79 Å². The molecule has 0 saturated heterocycles. The molecule has 1 aromatic carbocycles. The van der Waals surface area contributed by atoms with Crippen LogP contribution in [-0.4, -0.2) is 30.0 Å². The Bertz CT molecular complexity index is 535. The van der Waals surface area contributed by atoms with Gasteiger partial charge in [-0.3, -0.25) is 4.79 Å². The van der Waals surface area contributed by atoms with Gasteiger partial charge in [-0.15, -0.1) is 0 Å². The lowest BCUT2D eigenvalue weighted by Crippen LogP contribution is -2.34. The Balaban J connectivity index is 2.27.